The first-order valence-corrected chi connectivity index (χ1v) is 18.4. The third-order valence-corrected chi connectivity index (χ3v) is 9.15. The number of ether oxygens (including phenoxy) is 2. The van der Waals surface area contributed by atoms with Crippen LogP contribution in [0, 0.1) is 0 Å². The molecule has 0 radical (unpaired) electrons. The van der Waals surface area contributed by atoms with Gasteiger partial charge in [-0.05, 0) is 54.8 Å². The van der Waals surface area contributed by atoms with E-state index in [0.717, 1.165) is 38.7 Å². The second kappa shape index (κ2) is 23.9. The van der Waals surface area contributed by atoms with Crippen molar-refractivity contribution in [2.45, 2.75) is 59.9 Å². The largest absolute Gasteiger partial charge is 0.507 e. The van der Waals surface area contributed by atoms with Gasteiger partial charge >= 0.3 is 11.9 Å². The van der Waals surface area contributed by atoms with Crippen molar-refractivity contribution in [2.75, 3.05) is 7.11 Å². The van der Waals surface area contributed by atoms with E-state index in [9.17, 15) is 19.8 Å². The van der Waals surface area contributed by atoms with Crippen LogP contribution in [0.3, 0.4) is 0 Å². The van der Waals surface area contributed by atoms with Crippen molar-refractivity contribution in [3.8, 4) is 34.4 Å². The van der Waals surface area contributed by atoms with Crippen molar-refractivity contribution in [3.05, 3.63) is 141 Å². The number of carboxylic acids is 1. The van der Waals surface area contributed by atoms with Gasteiger partial charge < -0.3 is 28.5 Å². The van der Waals surface area contributed by atoms with E-state index >= 15 is 0 Å². The fourth-order valence-corrected chi connectivity index (χ4v) is 5.73. The first-order chi connectivity index (χ1) is 25.0. The van der Waals surface area contributed by atoms with Gasteiger partial charge in [0.15, 0.2) is 0 Å². The molecule has 55 heavy (non-hydrogen) atoms. The first-order valence-electron chi connectivity index (χ1n) is 15.9. The molecule has 10 nitrogen and oxygen atoms in total. The van der Waals surface area contributed by atoms with Crippen molar-refractivity contribution in [1.29, 1.82) is 0 Å². The van der Waals surface area contributed by atoms with Gasteiger partial charge in [-0.3, -0.25) is 4.79 Å². The number of rotatable bonds is 10. The van der Waals surface area contributed by atoms with Crippen molar-refractivity contribution in [2.24, 2.45) is 0 Å². The minimum atomic E-state index is -1.12. The summed E-state index contributed by atoms with van der Waals surface area (Å²) in [7, 11) is 1.37. The second-order valence-corrected chi connectivity index (χ2v) is 13.6. The summed E-state index contributed by atoms with van der Waals surface area (Å²) in [5, 5.41) is 19.2. The summed E-state index contributed by atoms with van der Waals surface area (Å²) in [5.41, 5.74) is 4.36. The van der Waals surface area contributed by atoms with Crippen LogP contribution in [0.2, 0.25) is 0 Å². The normalized spacial score (nSPS) is 10.9. The molecule has 0 amide bonds. The fraction of sp³-hybridized carbons (Fsp3) is 0.238. The molecule has 6 aromatic rings. The van der Waals surface area contributed by atoms with Crippen molar-refractivity contribution < 1.29 is 38.1 Å². The van der Waals surface area contributed by atoms with Gasteiger partial charge in [0, 0.05) is 14.5 Å². The summed E-state index contributed by atoms with van der Waals surface area (Å²) in [4.78, 5) is 31.0. The number of phenols is 1. The highest BCUT2D eigenvalue weighted by Gasteiger charge is 2.24. The third-order valence-electron chi connectivity index (χ3n) is 7.26. The quantitative estimate of drug-likeness (QED) is 0.101. The van der Waals surface area contributed by atoms with Crippen LogP contribution >= 0.6 is 47.8 Å². The Hall–Kier alpha value is -4.72. The molecule has 4 aromatic carbocycles. The van der Waals surface area contributed by atoms with Gasteiger partial charge in [0.05, 0.1) is 29.6 Å². The van der Waals surface area contributed by atoms with E-state index in [-0.39, 0.29) is 38.8 Å². The summed E-state index contributed by atoms with van der Waals surface area (Å²) in [5.74, 6) is 0.0607. The molecule has 0 aliphatic carbocycles. The summed E-state index contributed by atoms with van der Waals surface area (Å²) < 4.78 is 22.9. The van der Waals surface area contributed by atoms with Gasteiger partial charge in [-0.15, -0.1) is 0 Å². The second-order valence-electron chi connectivity index (χ2n) is 10.8. The molecule has 2 unspecified atom stereocenters. The number of aryl methyl sites for hydroxylation is 2. The number of methoxy groups -OCH3 is 1. The zero-order chi connectivity index (χ0) is 37.6. The van der Waals surface area contributed by atoms with Crippen LogP contribution in [0.15, 0.2) is 127 Å². The van der Waals surface area contributed by atoms with E-state index in [0.29, 0.717) is 34.2 Å². The Morgan fingerprint density at radius 1 is 0.727 bits per heavy atom. The summed E-state index contributed by atoms with van der Waals surface area (Å²) in [6.07, 6.45) is 3.64. The maximum Gasteiger partial charge on any atom is 0.349 e. The number of aliphatic carboxylic acids is 1. The lowest BCUT2D eigenvalue weighted by Crippen LogP contribution is -2.18. The fourth-order valence-electron chi connectivity index (χ4n) is 4.52. The number of benzene rings is 4. The molecule has 0 aliphatic heterocycles. The van der Waals surface area contributed by atoms with E-state index in [1.54, 1.807) is 73.2 Å². The number of esters is 1. The molecule has 0 saturated heterocycles. The molecule has 6 rings (SSSR count). The Balaban J connectivity index is 0.000000434. The molecule has 0 saturated carbocycles. The molecule has 0 bridgehead atoms. The maximum atomic E-state index is 11.7. The Kier molecular flexibility index (Phi) is 21.0. The molecule has 2 atom stereocenters. The van der Waals surface area contributed by atoms with E-state index in [4.69, 9.17) is 13.6 Å². The number of hydrogen-bond donors (Lipinski definition) is 2. The molecule has 0 aliphatic rings. The Labute approximate surface area is 348 Å². The molecular weight excluding hydrogens is 900 g/mol. The highest BCUT2D eigenvalue weighted by Crippen LogP contribution is 2.35. The first kappa shape index (κ1) is 48.3. The zero-order valence-corrected chi connectivity index (χ0v) is 33.1. The zero-order valence-electron chi connectivity index (χ0n) is 28.3. The minimum Gasteiger partial charge on any atom is -0.507 e. The number of carboxylic acid groups (broad SMARTS) is 1. The lowest BCUT2D eigenvalue weighted by atomic mass is 10.1. The van der Waals surface area contributed by atoms with E-state index in [2.05, 4.69) is 62.5 Å². The van der Waals surface area contributed by atoms with Gasteiger partial charge in [0.2, 0.25) is 17.9 Å². The van der Waals surface area contributed by atoms with Gasteiger partial charge in [-0.25, -0.2) is 14.8 Å². The van der Waals surface area contributed by atoms with Gasteiger partial charge in [-0.2, -0.15) is 0 Å². The molecule has 2 aromatic heterocycles. The smallest absolute Gasteiger partial charge is 0.349 e. The summed E-state index contributed by atoms with van der Waals surface area (Å²) >= 11 is 9.99. The number of aromatic nitrogens is 2. The number of phenolic OH excluding ortho intramolecular Hbond substituents is 1. The molecule has 0 spiro atoms. The Morgan fingerprint density at radius 2 is 1.20 bits per heavy atom. The summed E-state index contributed by atoms with van der Waals surface area (Å²) in [6, 6.07) is 28.7. The number of alkyl halides is 1. The molecule has 13 heteroatoms. The van der Waals surface area contributed by atoms with Crippen LogP contribution in [-0.2, 0) is 27.2 Å². The lowest BCUT2D eigenvalue weighted by molar-refractivity contribution is -0.145. The molecule has 0 fully saturated rings. The van der Waals surface area contributed by atoms with Gasteiger partial charge in [0.25, 0.3) is 0 Å². The summed E-state index contributed by atoms with van der Waals surface area (Å²) in [6.45, 7) is 3.98. The van der Waals surface area contributed by atoms with Crippen molar-refractivity contribution in [3.63, 3.8) is 0 Å². The average Bonchev–Trinajstić information content (AvgIpc) is 3.86. The average molecular weight is 948 g/mol. The van der Waals surface area contributed by atoms with Crippen LogP contribution in [0.5, 0.6) is 11.5 Å². The van der Waals surface area contributed by atoms with E-state index < -0.39 is 12.1 Å². The number of carbonyl (C=O) groups is 2. The molecule has 294 valence electrons. The number of halogens is 3. The predicted octanol–water partition coefficient (Wildman–Crippen LogP) is 12.4. The van der Waals surface area contributed by atoms with E-state index in [1.807, 2.05) is 50.2 Å². The molecule has 2 N–H and O–H groups in total. The number of hydrogen-bond acceptors (Lipinski definition) is 9. The third kappa shape index (κ3) is 13.8. The Morgan fingerprint density at radius 3 is 1.67 bits per heavy atom. The van der Waals surface area contributed by atoms with Crippen molar-refractivity contribution >= 4 is 59.7 Å². The Bertz CT molecular complexity index is 2050. The minimum absolute atomic E-state index is 0. The monoisotopic (exact) mass is 944 g/mol. The standard InChI is InChI=1S/C19H16BrNO4.C11H10BrNO2.C9H9BrO2.3CH4/c1-2-14-11-24-18(21-14)15-10-13(20)8-9-16(15)25-17(19(22)23)12-6-4-3-5-7-12;1-2-8-6-15-11(13-8)9-5-7(12)3-4-10(9)14;1-12-9(11)8(10)7-5-3-2-4-6-7;;;/h3-11,17H,2H2,1H3,(H,22,23);3-6,14H,2H2,1H3;2-6,8H,1H3;3*1H4. The number of aromatic hydroxyl groups is 1. The predicted molar refractivity (Wildman–Crippen MR) is 227 cm³/mol. The molecular formula is C42H47Br3N2O8. The van der Waals surface area contributed by atoms with Crippen LogP contribution in [0.1, 0.15) is 69.6 Å². The number of carbonyl (C=O) groups excluding carboxylic acids is 1. The van der Waals surface area contributed by atoms with E-state index in [1.165, 1.54) is 7.11 Å². The van der Waals surface area contributed by atoms with Gasteiger partial charge in [-0.1, -0.05) is 145 Å². The van der Waals surface area contributed by atoms with Crippen LogP contribution < -0.4 is 4.74 Å². The van der Waals surface area contributed by atoms with Crippen LogP contribution in [-0.4, -0.2) is 39.2 Å². The number of oxazole rings is 2. The van der Waals surface area contributed by atoms with Gasteiger partial charge in [0.1, 0.15) is 28.9 Å². The number of nitrogens with zero attached hydrogens (tertiary/aromatic N) is 2. The topological polar surface area (TPSA) is 145 Å². The highest BCUT2D eigenvalue weighted by molar-refractivity contribution is 9.10. The molecule has 2 heterocycles. The maximum absolute atomic E-state index is 11.7. The van der Waals surface area contributed by atoms with Crippen molar-refractivity contribution in [1.82, 2.24) is 9.97 Å². The van der Waals surface area contributed by atoms with Crippen LogP contribution in [0.25, 0.3) is 22.9 Å². The SMILES string of the molecule is C.C.C.CCc1coc(-c2cc(Br)ccc2O)n1.CCc1coc(-c2cc(Br)ccc2OC(C(=O)O)c2ccccc2)n1.COC(=O)C(Br)c1ccccc1. The van der Waals surface area contributed by atoms with Crippen LogP contribution in [0.4, 0.5) is 0 Å². The highest BCUT2D eigenvalue weighted by atomic mass is 79.9. The lowest BCUT2D eigenvalue weighted by Gasteiger charge is -2.17.